The SMILES string of the molecule is CCC1CCCC1(O)Cc1c(F)cccc1Cl. The van der Waals surface area contributed by atoms with Crippen molar-refractivity contribution in [1.82, 2.24) is 0 Å². The second-order valence-corrected chi connectivity index (χ2v) is 5.39. The van der Waals surface area contributed by atoms with Crippen LogP contribution in [0.4, 0.5) is 4.39 Å². The smallest absolute Gasteiger partial charge is 0.127 e. The van der Waals surface area contributed by atoms with Gasteiger partial charge in [-0.15, -0.1) is 0 Å². The highest BCUT2D eigenvalue weighted by Gasteiger charge is 2.40. The molecule has 0 heterocycles. The zero-order valence-corrected chi connectivity index (χ0v) is 10.8. The van der Waals surface area contributed by atoms with Crippen molar-refractivity contribution in [2.45, 2.75) is 44.6 Å². The molecule has 0 radical (unpaired) electrons. The van der Waals surface area contributed by atoms with Gasteiger partial charge in [0.05, 0.1) is 5.60 Å². The van der Waals surface area contributed by atoms with Gasteiger partial charge in [0.1, 0.15) is 5.82 Å². The first-order valence-electron chi connectivity index (χ1n) is 6.22. The maximum Gasteiger partial charge on any atom is 0.127 e. The van der Waals surface area contributed by atoms with Gasteiger partial charge in [-0.3, -0.25) is 0 Å². The van der Waals surface area contributed by atoms with Crippen molar-refractivity contribution in [3.63, 3.8) is 0 Å². The van der Waals surface area contributed by atoms with Crippen LogP contribution >= 0.6 is 11.6 Å². The Bertz CT molecular complexity index is 387. The van der Waals surface area contributed by atoms with E-state index in [0.29, 0.717) is 17.0 Å². The molecule has 1 N–H and O–H groups in total. The van der Waals surface area contributed by atoms with Crippen molar-refractivity contribution in [2.24, 2.45) is 5.92 Å². The predicted octanol–water partition coefficient (Wildman–Crippen LogP) is 3.96. The van der Waals surface area contributed by atoms with Gasteiger partial charge in [-0.25, -0.2) is 4.39 Å². The summed E-state index contributed by atoms with van der Waals surface area (Å²) in [6.07, 6.45) is 4.05. The summed E-state index contributed by atoms with van der Waals surface area (Å²) in [5, 5.41) is 11.0. The van der Waals surface area contributed by atoms with E-state index in [1.54, 1.807) is 12.1 Å². The van der Waals surface area contributed by atoms with Crippen LogP contribution in [0, 0.1) is 11.7 Å². The zero-order chi connectivity index (χ0) is 12.5. The average molecular weight is 257 g/mol. The summed E-state index contributed by atoms with van der Waals surface area (Å²) in [5.41, 5.74) is -0.322. The lowest BCUT2D eigenvalue weighted by atomic mass is 9.83. The molecule has 0 amide bonds. The summed E-state index contributed by atoms with van der Waals surface area (Å²) < 4.78 is 13.7. The maximum atomic E-state index is 13.7. The summed E-state index contributed by atoms with van der Waals surface area (Å²) in [4.78, 5) is 0. The van der Waals surface area contributed by atoms with Crippen molar-refractivity contribution in [3.05, 3.63) is 34.6 Å². The highest BCUT2D eigenvalue weighted by molar-refractivity contribution is 6.31. The van der Waals surface area contributed by atoms with Gasteiger partial charge in [-0.1, -0.05) is 37.4 Å². The van der Waals surface area contributed by atoms with E-state index in [-0.39, 0.29) is 11.7 Å². The van der Waals surface area contributed by atoms with Gasteiger partial charge in [0.2, 0.25) is 0 Å². The summed E-state index contributed by atoms with van der Waals surface area (Å²) in [6.45, 7) is 2.07. The first-order valence-corrected chi connectivity index (χ1v) is 6.60. The van der Waals surface area contributed by atoms with Crippen LogP contribution in [-0.2, 0) is 6.42 Å². The molecule has 0 saturated heterocycles. The van der Waals surface area contributed by atoms with Crippen LogP contribution in [-0.4, -0.2) is 10.7 Å². The normalized spacial score (nSPS) is 28.6. The topological polar surface area (TPSA) is 20.2 Å². The molecule has 2 unspecified atom stereocenters. The lowest BCUT2D eigenvalue weighted by molar-refractivity contribution is 0.000787. The van der Waals surface area contributed by atoms with Crippen LogP contribution in [0.1, 0.15) is 38.2 Å². The van der Waals surface area contributed by atoms with E-state index in [1.165, 1.54) is 6.07 Å². The second kappa shape index (κ2) is 4.95. The van der Waals surface area contributed by atoms with E-state index in [0.717, 1.165) is 25.7 Å². The molecule has 0 aliphatic heterocycles. The molecule has 1 aliphatic rings. The lowest BCUT2D eigenvalue weighted by Gasteiger charge is -2.30. The van der Waals surface area contributed by atoms with Gasteiger partial charge in [-0.05, 0) is 30.9 Å². The van der Waals surface area contributed by atoms with Crippen molar-refractivity contribution in [3.8, 4) is 0 Å². The number of benzene rings is 1. The minimum atomic E-state index is -0.777. The fraction of sp³-hybridized carbons (Fsp3) is 0.571. The molecule has 1 fully saturated rings. The highest BCUT2D eigenvalue weighted by atomic mass is 35.5. The van der Waals surface area contributed by atoms with E-state index in [1.807, 2.05) is 0 Å². The Kier molecular flexibility index (Phi) is 3.74. The standard InChI is InChI=1S/C14H18ClFO/c1-2-10-5-4-8-14(10,17)9-11-12(15)6-3-7-13(11)16/h3,6-7,10,17H,2,4-5,8-9H2,1H3. The average Bonchev–Trinajstić information content (AvgIpc) is 2.65. The van der Waals surface area contributed by atoms with Gasteiger partial charge in [-0.2, -0.15) is 0 Å². The quantitative estimate of drug-likeness (QED) is 0.868. The fourth-order valence-electron chi connectivity index (χ4n) is 2.95. The molecule has 0 aromatic heterocycles. The van der Waals surface area contributed by atoms with Crippen LogP contribution < -0.4 is 0 Å². The monoisotopic (exact) mass is 256 g/mol. The van der Waals surface area contributed by atoms with Gasteiger partial charge in [0, 0.05) is 17.0 Å². The Labute approximate surface area is 107 Å². The van der Waals surface area contributed by atoms with E-state index >= 15 is 0 Å². The third-order valence-corrected chi connectivity index (χ3v) is 4.31. The van der Waals surface area contributed by atoms with Crippen molar-refractivity contribution in [2.75, 3.05) is 0 Å². The highest BCUT2D eigenvalue weighted by Crippen LogP contribution is 2.41. The largest absolute Gasteiger partial charge is 0.389 e. The van der Waals surface area contributed by atoms with E-state index in [9.17, 15) is 9.50 Å². The summed E-state index contributed by atoms with van der Waals surface area (Å²) in [6, 6.07) is 4.68. The molecule has 1 nitrogen and oxygen atoms in total. The third kappa shape index (κ3) is 2.48. The van der Waals surface area contributed by atoms with E-state index in [2.05, 4.69) is 6.92 Å². The zero-order valence-electron chi connectivity index (χ0n) is 10.0. The molecular formula is C14H18ClFO. The number of hydrogen-bond donors (Lipinski definition) is 1. The number of aliphatic hydroxyl groups is 1. The van der Waals surface area contributed by atoms with Crippen LogP contribution in [0.25, 0.3) is 0 Å². The molecule has 1 aliphatic carbocycles. The first-order chi connectivity index (χ1) is 8.07. The van der Waals surface area contributed by atoms with E-state index in [4.69, 9.17) is 11.6 Å². The van der Waals surface area contributed by atoms with Crippen LogP contribution in [0.15, 0.2) is 18.2 Å². The summed E-state index contributed by atoms with van der Waals surface area (Å²) in [7, 11) is 0. The third-order valence-electron chi connectivity index (χ3n) is 3.96. The Hall–Kier alpha value is -0.600. The van der Waals surface area contributed by atoms with Gasteiger partial charge < -0.3 is 5.11 Å². The maximum absolute atomic E-state index is 13.7. The molecule has 3 heteroatoms. The number of hydrogen-bond acceptors (Lipinski definition) is 1. The van der Waals surface area contributed by atoms with Gasteiger partial charge in [0.25, 0.3) is 0 Å². The van der Waals surface area contributed by atoms with Crippen LogP contribution in [0.3, 0.4) is 0 Å². The minimum absolute atomic E-state index is 0.262. The molecule has 17 heavy (non-hydrogen) atoms. The van der Waals surface area contributed by atoms with Gasteiger partial charge >= 0.3 is 0 Å². The molecule has 94 valence electrons. The Morgan fingerprint density at radius 2 is 2.29 bits per heavy atom. The number of halogens is 2. The van der Waals surface area contributed by atoms with Crippen LogP contribution in [0.2, 0.25) is 5.02 Å². The molecular weight excluding hydrogens is 239 g/mol. The molecule has 1 aromatic carbocycles. The van der Waals surface area contributed by atoms with Crippen molar-refractivity contribution in [1.29, 1.82) is 0 Å². The number of rotatable bonds is 3. The van der Waals surface area contributed by atoms with Crippen LogP contribution in [0.5, 0.6) is 0 Å². The molecule has 2 atom stereocenters. The minimum Gasteiger partial charge on any atom is -0.389 e. The molecule has 1 aromatic rings. The molecule has 2 rings (SSSR count). The predicted molar refractivity (Wildman–Crippen MR) is 67.7 cm³/mol. The van der Waals surface area contributed by atoms with Crippen molar-refractivity contribution >= 4 is 11.6 Å². The Morgan fingerprint density at radius 3 is 2.94 bits per heavy atom. The van der Waals surface area contributed by atoms with Gasteiger partial charge in [0.15, 0.2) is 0 Å². The van der Waals surface area contributed by atoms with Crippen molar-refractivity contribution < 1.29 is 9.50 Å². The second-order valence-electron chi connectivity index (χ2n) is 4.98. The lowest BCUT2D eigenvalue weighted by Crippen LogP contribution is -2.35. The first kappa shape index (κ1) is 12.8. The Morgan fingerprint density at radius 1 is 1.53 bits per heavy atom. The molecule has 0 bridgehead atoms. The van der Waals surface area contributed by atoms with E-state index < -0.39 is 5.60 Å². The fourth-order valence-corrected chi connectivity index (χ4v) is 3.18. The summed E-state index contributed by atoms with van der Waals surface area (Å²) in [5.74, 6) is -0.0501. The molecule has 1 saturated carbocycles. The Balaban J connectivity index is 2.25. The molecule has 0 spiro atoms. The summed E-state index contributed by atoms with van der Waals surface area (Å²) >= 11 is 6.01.